The minimum absolute atomic E-state index is 0.00574. The van der Waals surface area contributed by atoms with Crippen molar-refractivity contribution in [3.63, 3.8) is 0 Å². The Hall–Kier alpha value is -0.0400. The molecule has 0 bridgehead atoms. The summed E-state index contributed by atoms with van der Waals surface area (Å²) in [5.74, 6) is 1.68. The van der Waals surface area contributed by atoms with Gasteiger partial charge in [-0.3, -0.25) is 0 Å². The molecule has 1 heteroatoms. The largest absolute Gasteiger partial charge is 0.393 e. The first-order chi connectivity index (χ1) is 7.84. The first-order valence-electron chi connectivity index (χ1n) is 7.52. The van der Waals surface area contributed by atoms with Crippen molar-refractivity contribution in [3.05, 3.63) is 0 Å². The first kappa shape index (κ1) is 12.4. The molecule has 0 aromatic heterocycles. The molecule has 0 unspecified atom stereocenters. The Morgan fingerprint density at radius 1 is 0.688 bits per heavy atom. The number of aliphatic hydroxyl groups excluding tert-OH is 1. The topological polar surface area (TPSA) is 20.2 Å². The Balaban J connectivity index is 1.64. The molecule has 0 atom stereocenters. The highest BCUT2D eigenvalue weighted by molar-refractivity contribution is 4.74. The average molecular weight is 224 g/mol. The maximum absolute atomic E-state index is 10.2. The Morgan fingerprint density at radius 3 is 1.44 bits per heavy atom. The highest BCUT2D eigenvalue weighted by Crippen LogP contribution is 2.32. The standard InChI is InChI=1S/C15H28O/c16-15(11-13-7-3-1-4-8-13)12-14-9-5-2-6-10-14/h13-16H,1-12H2. The van der Waals surface area contributed by atoms with Crippen LogP contribution in [0.2, 0.25) is 0 Å². The molecule has 0 aromatic rings. The van der Waals surface area contributed by atoms with E-state index >= 15 is 0 Å². The van der Waals surface area contributed by atoms with E-state index in [1.54, 1.807) is 0 Å². The zero-order valence-electron chi connectivity index (χ0n) is 10.7. The molecule has 0 aromatic carbocycles. The van der Waals surface area contributed by atoms with Gasteiger partial charge in [0.25, 0.3) is 0 Å². The molecule has 0 spiro atoms. The molecule has 2 saturated carbocycles. The number of hydrogen-bond donors (Lipinski definition) is 1. The minimum Gasteiger partial charge on any atom is -0.393 e. The van der Waals surface area contributed by atoms with Crippen LogP contribution in [0, 0.1) is 11.8 Å². The van der Waals surface area contributed by atoms with Gasteiger partial charge >= 0.3 is 0 Å². The maximum Gasteiger partial charge on any atom is 0.0545 e. The summed E-state index contributed by atoms with van der Waals surface area (Å²) in [6, 6.07) is 0. The highest BCUT2D eigenvalue weighted by Gasteiger charge is 2.21. The predicted octanol–water partition coefficient (Wildman–Crippen LogP) is 4.29. The fraction of sp³-hybridized carbons (Fsp3) is 1.00. The SMILES string of the molecule is OC(CC1CCCCC1)CC1CCCCC1. The van der Waals surface area contributed by atoms with Gasteiger partial charge in [0, 0.05) is 0 Å². The fourth-order valence-corrected chi connectivity index (χ4v) is 3.71. The maximum atomic E-state index is 10.2. The molecule has 1 N–H and O–H groups in total. The third-order valence-electron chi connectivity index (χ3n) is 4.66. The van der Waals surface area contributed by atoms with E-state index in [0.29, 0.717) is 0 Å². The average Bonchev–Trinajstić information content (AvgIpc) is 2.31. The molecule has 2 fully saturated rings. The van der Waals surface area contributed by atoms with Crippen LogP contribution >= 0.6 is 0 Å². The van der Waals surface area contributed by atoms with Crippen LogP contribution < -0.4 is 0 Å². The molecule has 94 valence electrons. The molecule has 0 aliphatic heterocycles. The third kappa shape index (κ3) is 4.08. The summed E-state index contributed by atoms with van der Waals surface area (Å²) < 4.78 is 0. The van der Waals surface area contributed by atoms with Crippen molar-refractivity contribution in [2.75, 3.05) is 0 Å². The van der Waals surface area contributed by atoms with Gasteiger partial charge in [0.2, 0.25) is 0 Å². The number of aliphatic hydroxyl groups is 1. The summed E-state index contributed by atoms with van der Waals surface area (Å²) in [5.41, 5.74) is 0. The molecule has 0 amide bonds. The summed E-state index contributed by atoms with van der Waals surface area (Å²) in [4.78, 5) is 0. The van der Waals surface area contributed by atoms with Crippen molar-refractivity contribution in [3.8, 4) is 0 Å². The lowest BCUT2D eigenvalue weighted by molar-refractivity contribution is 0.0961. The molecule has 2 rings (SSSR count). The summed E-state index contributed by atoms with van der Waals surface area (Å²) in [6.45, 7) is 0. The van der Waals surface area contributed by atoms with E-state index in [1.807, 2.05) is 0 Å². The Labute approximate surface area is 101 Å². The van der Waals surface area contributed by atoms with Crippen LogP contribution in [-0.4, -0.2) is 11.2 Å². The fourth-order valence-electron chi connectivity index (χ4n) is 3.71. The normalized spacial score (nSPS) is 25.1. The molecule has 2 aliphatic rings. The summed E-state index contributed by atoms with van der Waals surface area (Å²) in [6.07, 6.45) is 16.2. The van der Waals surface area contributed by atoms with Crippen molar-refractivity contribution in [1.82, 2.24) is 0 Å². The van der Waals surface area contributed by atoms with Gasteiger partial charge in [-0.25, -0.2) is 0 Å². The van der Waals surface area contributed by atoms with Crippen LogP contribution in [0.1, 0.15) is 77.0 Å². The highest BCUT2D eigenvalue weighted by atomic mass is 16.3. The van der Waals surface area contributed by atoms with Gasteiger partial charge in [0.05, 0.1) is 6.10 Å². The van der Waals surface area contributed by atoms with Crippen LogP contribution in [-0.2, 0) is 0 Å². The van der Waals surface area contributed by atoms with Crippen molar-refractivity contribution in [2.24, 2.45) is 11.8 Å². The van der Waals surface area contributed by atoms with Crippen LogP contribution in [0.25, 0.3) is 0 Å². The van der Waals surface area contributed by atoms with Crippen molar-refractivity contribution in [1.29, 1.82) is 0 Å². The van der Waals surface area contributed by atoms with Crippen molar-refractivity contribution < 1.29 is 5.11 Å². The van der Waals surface area contributed by atoms with E-state index < -0.39 is 0 Å². The number of hydrogen-bond acceptors (Lipinski definition) is 1. The number of rotatable bonds is 4. The van der Waals surface area contributed by atoms with E-state index in [4.69, 9.17) is 0 Å². The van der Waals surface area contributed by atoms with Gasteiger partial charge in [-0.2, -0.15) is 0 Å². The quantitative estimate of drug-likeness (QED) is 0.755. The molecule has 0 heterocycles. The lowest BCUT2D eigenvalue weighted by Gasteiger charge is -2.27. The van der Waals surface area contributed by atoms with Gasteiger partial charge in [0.15, 0.2) is 0 Å². The van der Waals surface area contributed by atoms with Crippen LogP contribution in [0.5, 0.6) is 0 Å². The van der Waals surface area contributed by atoms with E-state index in [2.05, 4.69) is 0 Å². The molecule has 16 heavy (non-hydrogen) atoms. The second-order valence-electron chi connectivity index (χ2n) is 6.13. The van der Waals surface area contributed by atoms with Gasteiger partial charge in [-0.1, -0.05) is 64.2 Å². The minimum atomic E-state index is 0.00574. The van der Waals surface area contributed by atoms with Crippen LogP contribution in [0.3, 0.4) is 0 Å². The van der Waals surface area contributed by atoms with E-state index in [1.165, 1.54) is 64.2 Å². The Morgan fingerprint density at radius 2 is 1.06 bits per heavy atom. The molecular formula is C15H28O. The molecular weight excluding hydrogens is 196 g/mol. The first-order valence-corrected chi connectivity index (χ1v) is 7.52. The molecule has 2 aliphatic carbocycles. The lowest BCUT2D eigenvalue weighted by atomic mass is 9.81. The summed E-state index contributed by atoms with van der Waals surface area (Å²) in [7, 11) is 0. The van der Waals surface area contributed by atoms with Gasteiger partial charge in [-0.15, -0.1) is 0 Å². The van der Waals surface area contributed by atoms with Crippen LogP contribution in [0.4, 0.5) is 0 Å². The second-order valence-corrected chi connectivity index (χ2v) is 6.13. The lowest BCUT2D eigenvalue weighted by Crippen LogP contribution is -2.20. The molecule has 1 nitrogen and oxygen atoms in total. The third-order valence-corrected chi connectivity index (χ3v) is 4.66. The summed E-state index contributed by atoms with van der Waals surface area (Å²) in [5, 5.41) is 10.2. The monoisotopic (exact) mass is 224 g/mol. The zero-order valence-corrected chi connectivity index (χ0v) is 10.7. The predicted molar refractivity (Wildman–Crippen MR) is 68.4 cm³/mol. The molecule has 0 saturated heterocycles. The van der Waals surface area contributed by atoms with Gasteiger partial charge < -0.3 is 5.11 Å². The smallest absolute Gasteiger partial charge is 0.0545 e. The van der Waals surface area contributed by atoms with Gasteiger partial charge in [-0.05, 0) is 24.7 Å². The molecule has 0 radical (unpaired) electrons. The van der Waals surface area contributed by atoms with Crippen molar-refractivity contribution in [2.45, 2.75) is 83.2 Å². The Kier molecular flexibility index (Phi) is 5.15. The zero-order chi connectivity index (χ0) is 11.2. The van der Waals surface area contributed by atoms with E-state index in [0.717, 1.165) is 24.7 Å². The second kappa shape index (κ2) is 6.64. The van der Waals surface area contributed by atoms with Crippen molar-refractivity contribution >= 4 is 0 Å². The van der Waals surface area contributed by atoms with E-state index in [-0.39, 0.29) is 6.10 Å². The summed E-state index contributed by atoms with van der Waals surface area (Å²) >= 11 is 0. The van der Waals surface area contributed by atoms with Gasteiger partial charge in [0.1, 0.15) is 0 Å². The Bertz CT molecular complexity index is 158. The van der Waals surface area contributed by atoms with Crippen LogP contribution in [0.15, 0.2) is 0 Å². The van der Waals surface area contributed by atoms with E-state index in [9.17, 15) is 5.11 Å².